The Labute approximate surface area is 182 Å². The monoisotopic (exact) mass is 419 g/mol. The summed E-state index contributed by atoms with van der Waals surface area (Å²) in [5.41, 5.74) is 1.79. The maximum atomic E-state index is 13.5. The Hall–Kier alpha value is -3.25. The highest BCUT2D eigenvalue weighted by Crippen LogP contribution is 2.36. The smallest absolute Gasteiger partial charge is 0.231 e. The lowest BCUT2D eigenvalue weighted by Crippen LogP contribution is -2.35. The van der Waals surface area contributed by atoms with Gasteiger partial charge in [0.25, 0.3) is 0 Å². The van der Waals surface area contributed by atoms with Crippen LogP contribution in [0.1, 0.15) is 18.0 Å². The fourth-order valence-electron chi connectivity index (χ4n) is 4.11. The van der Waals surface area contributed by atoms with Crippen LogP contribution in [0.3, 0.4) is 0 Å². The van der Waals surface area contributed by atoms with Crippen molar-refractivity contribution < 1.29 is 13.9 Å². The third-order valence-corrected chi connectivity index (χ3v) is 5.76. The van der Waals surface area contributed by atoms with Gasteiger partial charge in [0, 0.05) is 32.4 Å². The molecule has 1 aromatic heterocycles. The number of hydrogen-bond acceptors (Lipinski definition) is 4. The van der Waals surface area contributed by atoms with Crippen molar-refractivity contribution in [3.05, 3.63) is 90.5 Å². The van der Waals surface area contributed by atoms with Gasteiger partial charge in [0.15, 0.2) is 0 Å². The summed E-state index contributed by atoms with van der Waals surface area (Å²) in [5.74, 6) is 0.470. The second-order valence-corrected chi connectivity index (χ2v) is 7.76. The van der Waals surface area contributed by atoms with Crippen LogP contribution < -0.4 is 9.64 Å². The minimum Gasteiger partial charge on any atom is -0.492 e. The highest BCUT2D eigenvalue weighted by atomic mass is 19.1. The molecule has 6 heteroatoms. The first-order valence-corrected chi connectivity index (χ1v) is 10.5. The van der Waals surface area contributed by atoms with Crippen LogP contribution in [0, 0.1) is 11.7 Å². The number of rotatable bonds is 7. The van der Waals surface area contributed by atoms with Gasteiger partial charge in [0.2, 0.25) is 5.91 Å². The molecule has 1 saturated heterocycles. The van der Waals surface area contributed by atoms with Crippen molar-refractivity contribution in [1.29, 1.82) is 0 Å². The molecule has 1 aliphatic heterocycles. The van der Waals surface area contributed by atoms with Crippen LogP contribution in [0.4, 0.5) is 10.1 Å². The number of amides is 1. The van der Waals surface area contributed by atoms with Crippen molar-refractivity contribution >= 4 is 11.6 Å². The molecule has 0 bridgehead atoms. The second kappa shape index (κ2) is 9.71. The molecule has 2 heterocycles. The summed E-state index contributed by atoms with van der Waals surface area (Å²) in [4.78, 5) is 21.2. The highest BCUT2D eigenvalue weighted by molar-refractivity contribution is 5.94. The normalized spacial score (nSPS) is 18.6. The van der Waals surface area contributed by atoms with Crippen molar-refractivity contribution in [2.75, 3.05) is 31.6 Å². The molecule has 0 N–H and O–H groups in total. The van der Waals surface area contributed by atoms with Crippen molar-refractivity contribution in [2.45, 2.75) is 12.5 Å². The van der Waals surface area contributed by atoms with Gasteiger partial charge < -0.3 is 9.64 Å². The number of benzene rings is 2. The number of pyridine rings is 1. The van der Waals surface area contributed by atoms with E-state index in [-0.39, 0.29) is 23.7 Å². The Balaban J connectivity index is 1.47. The first kappa shape index (κ1) is 21.0. The van der Waals surface area contributed by atoms with Crippen molar-refractivity contribution in [3.8, 4) is 5.75 Å². The van der Waals surface area contributed by atoms with Gasteiger partial charge in [0.05, 0.1) is 17.8 Å². The predicted molar refractivity (Wildman–Crippen MR) is 118 cm³/mol. The quantitative estimate of drug-likeness (QED) is 0.572. The molecular weight excluding hydrogens is 393 g/mol. The van der Waals surface area contributed by atoms with Gasteiger partial charge in [-0.05, 0) is 48.4 Å². The lowest BCUT2D eigenvalue weighted by molar-refractivity contribution is -0.121. The summed E-state index contributed by atoms with van der Waals surface area (Å²) in [6.07, 6.45) is 4.06. The van der Waals surface area contributed by atoms with Crippen LogP contribution >= 0.6 is 0 Å². The second-order valence-electron chi connectivity index (χ2n) is 7.76. The third-order valence-electron chi connectivity index (χ3n) is 5.76. The summed E-state index contributed by atoms with van der Waals surface area (Å²) in [5, 5.41) is 0. The SMILES string of the molecule is CN(C(=O)[C@@H]1C[C@@H](c2ccc(F)cc2)N(CCOc2ccccc2)C1)c1cccnc1. The average Bonchev–Trinajstić information content (AvgIpc) is 3.24. The minimum absolute atomic E-state index is 0.0382. The Kier molecular flexibility index (Phi) is 6.57. The largest absolute Gasteiger partial charge is 0.492 e. The summed E-state index contributed by atoms with van der Waals surface area (Å²) >= 11 is 0. The lowest BCUT2D eigenvalue weighted by Gasteiger charge is -2.24. The molecule has 0 aliphatic carbocycles. The average molecular weight is 420 g/mol. The number of carbonyl (C=O) groups excluding carboxylic acids is 1. The van der Waals surface area contributed by atoms with Gasteiger partial charge in [-0.15, -0.1) is 0 Å². The summed E-state index contributed by atoms with van der Waals surface area (Å²) in [6, 6.07) is 20.0. The van der Waals surface area contributed by atoms with E-state index in [2.05, 4.69) is 9.88 Å². The lowest BCUT2D eigenvalue weighted by atomic mass is 9.98. The Morgan fingerprint density at radius 1 is 1.13 bits per heavy atom. The highest BCUT2D eigenvalue weighted by Gasteiger charge is 2.38. The first-order valence-electron chi connectivity index (χ1n) is 10.5. The van der Waals surface area contributed by atoms with Crippen molar-refractivity contribution in [3.63, 3.8) is 0 Å². The number of anilines is 1. The minimum atomic E-state index is -0.260. The van der Waals surface area contributed by atoms with E-state index in [4.69, 9.17) is 4.74 Å². The number of hydrogen-bond donors (Lipinski definition) is 0. The van der Waals surface area contributed by atoms with Crippen LogP contribution in [-0.4, -0.2) is 42.5 Å². The van der Waals surface area contributed by atoms with Gasteiger partial charge >= 0.3 is 0 Å². The fourth-order valence-corrected chi connectivity index (χ4v) is 4.11. The molecule has 31 heavy (non-hydrogen) atoms. The molecule has 1 fully saturated rings. The van der Waals surface area contributed by atoms with E-state index in [0.717, 1.165) is 17.0 Å². The zero-order chi connectivity index (χ0) is 21.6. The van der Waals surface area contributed by atoms with Gasteiger partial charge in [-0.1, -0.05) is 30.3 Å². The standard InChI is InChI=1S/C25H26FN3O2/c1-28(22-6-5-13-27-17-22)25(30)20-16-24(19-9-11-21(26)12-10-19)29(18-20)14-15-31-23-7-3-2-4-8-23/h2-13,17,20,24H,14-16,18H2,1H3/t20-,24+/m1/s1. The third kappa shape index (κ3) is 5.09. The summed E-state index contributed by atoms with van der Waals surface area (Å²) in [6.45, 7) is 1.82. The Morgan fingerprint density at radius 2 is 1.90 bits per heavy atom. The maximum Gasteiger partial charge on any atom is 0.231 e. The van der Waals surface area contributed by atoms with E-state index in [1.165, 1.54) is 12.1 Å². The molecule has 4 rings (SSSR count). The first-order chi connectivity index (χ1) is 15.1. The van der Waals surface area contributed by atoms with Gasteiger partial charge in [-0.3, -0.25) is 14.7 Å². The van der Waals surface area contributed by atoms with E-state index < -0.39 is 0 Å². The number of halogens is 1. The number of likely N-dealkylation sites (tertiary alicyclic amines) is 1. The van der Waals surface area contributed by atoms with Crippen molar-refractivity contribution in [1.82, 2.24) is 9.88 Å². The Morgan fingerprint density at radius 3 is 2.61 bits per heavy atom. The molecule has 1 amide bonds. The molecule has 160 valence electrons. The van der Waals surface area contributed by atoms with E-state index in [9.17, 15) is 9.18 Å². The summed E-state index contributed by atoms with van der Waals surface area (Å²) < 4.78 is 19.3. The van der Waals surface area contributed by atoms with Crippen LogP contribution in [0.5, 0.6) is 5.75 Å². The van der Waals surface area contributed by atoms with Crippen LogP contribution in [0.25, 0.3) is 0 Å². The van der Waals surface area contributed by atoms with E-state index in [1.54, 1.807) is 24.3 Å². The van der Waals surface area contributed by atoms with Crippen LogP contribution in [0.2, 0.25) is 0 Å². The number of nitrogens with zero attached hydrogens (tertiary/aromatic N) is 3. The zero-order valence-corrected chi connectivity index (χ0v) is 17.5. The molecule has 0 radical (unpaired) electrons. The molecule has 2 atom stereocenters. The molecule has 1 aliphatic rings. The van der Waals surface area contributed by atoms with Gasteiger partial charge in [-0.25, -0.2) is 4.39 Å². The fraction of sp³-hybridized carbons (Fsp3) is 0.280. The van der Waals surface area contributed by atoms with E-state index in [1.807, 2.05) is 54.6 Å². The molecule has 5 nitrogen and oxygen atoms in total. The zero-order valence-electron chi connectivity index (χ0n) is 17.5. The predicted octanol–water partition coefficient (Wildman–Crippen LogP) is 4.33. The maximum absolute atomic E-state index is 13.5. The topological polar surface area (TPSA) is 45.7 Å². The molecule has 0 saturated carbocycles. The molecule has 0 unspecified atom stereocenters. The van der Waals surface area contributed by atoms with Gasteiger partial charge in [-0.2, -0.15) is 0 Å². The van der Waals surface area contributed by atoms with Crippen molar-refractivity contribution in [2.24, 2.45) is 5.92 Å². The van der Waals surface area contributed by atoms with E-state index in [0.29, 0.717) is 26.1 Å². The number of ether oxygens (including phenoxy) is 1. The summed E-state index contributed by atoms with van der Waals surface area (Å²) in [7, 11) is 1.79. The molecule has 0 spiro atoms. The number of para-hydroxylation sites is 1. The van der Waals surface area contributed by atoms with Crippen LogP contribution in [-0.2, 0) is 4.79 Å². The molecular formula is C25H26FN3O2. The van der Waals surface area contributed by atoms with Gasteiger partial charge in [0.1, 0.15) is 18.2 Å². The number of aromatic nitrogens is 1. The molecule has 3 aromatic rings. The molecule has 2 aromatic carbocycles. The Bertz CT molecular complexity index is 983. The van der Waals surface area contributed by atoms with E-state index >= 15 is 0 Å². The number of carbonyl (C=O) groups is 1. The van der Waals surface area contributed by atoms with Crippen LogP contribution in [0.15, 0.2) is 79.1 Å².